The van der Waals surface area contributed by atoms with Crippen LogP contribution in [0.1, 0.15) is 49.4 Å². The number of hydrogen-bond acceptors (Lipinski definition) is 3. The summed E-state index contributed by atoms with van der Waals surface area (Å²) >= 11 is 0. The molecule has 1 atom stereocenters. The standard InChI is InChI=1S/C18H24N2O/c1-12(2)16-9-8-15(11-13(16)3)21-18-17(14(4)19-5)7-6-10-20-18/h6-12,14,19H,1-5H3. The van der Waals surface area contributed by atoms with Crippen LogP contribution in [0.2, 0.25) is 0 Å². The fraction of sp³-hybridized carbons (Fsp3) is 0.389. The summed E-state index contributed by atoms with van der Waals surface area (Å²) in [4.78, 5) is 4.37. The van der Waals surface area contributed by atoms with Crippen LogP contribution in [0.25, 0.3) is 0 Å². The Hall–Kier alpha value is -1.87. The van der Waals surface area contributed by atoms with Crippen molar-refractivity contribution in [2.75, 3.05) is 7.05 Å². The van der Waals surface area contributed by atoms with Gasteiger partial charge in [-0.1, -0.05) is 26.0 Å². The molecule has 112 valence electrons. The van der Waals surface area contributed by atoms with E-state index in [2.05, 4.69) is 50.1 Å². The van der Waals surface area contributed by atoms with Crippen molar-refractivity contribution in [1.29, 1.82) is 0 Å². The van der Waals surface area contributed by atoms with Gasteiger partial charge in [0.05, 0.1) is 0 Å². The molecule has 0 aliphatic heterocycles. The molecular weight excluding hydrogens is 260 g/mol. The summed E-state index contributed by atoms with van der Waals surface area (Å²) in [6, 6.07) is 10.4. The van der Waals surface area contributed by atoms with Gasteiger partial charge in [-0.25, -0.2) is 4.98 Å². The first-order valence-electron chi connectivity index (χ1n) is 7.43. The summed E-state index contributed by atoms with van der Waals surface area (Å²) in [6.45, 7) is 8.62. The topological polar surface area (TPSA) is 34.2 Å². The first kappa shape index (κ1) is 15.5. The number of aromatic nitrogens is 1. The molecule has 2 aromatic rings. The van der Waals surface area contributed by atoms with E-state index in [4.69, 9.17) is 4.74 Å². The molecule has 0 saturated heterocycles. The zero-order chi connectivity index (χ0) is 15.4. The van der Waals surface area contributed by atoms with Crippen LogP contribution in [-0.2, 0) is 0 Å². The van der Waals surface area contributed by atoms with Crippen molar-refractivity contribution < 1.29 is 4.74 Å². The summed E-state index contributed by atoms with van der Waals surface area (Å²) in [5, 5.41) is 3.22. The fourth-order valence-electron chi connectivity index (χ4n) is 2.44. The molecule has 0 bridgehead atoms. The highest BCUT2D eigenvalue weighted by Crippen LogP contribution is 2.29. The molecule has 0 aliphatic rings. The highest BCUT2D eigenvalue weighted by molar-refractivity contribution is 5.39. The first-order chi connectivity index (χ1) is 10.0. The maximum atomic E-state index is 6.00. The van der Waals surface area contributed by atoms with Crippen molar-refractivity contribution in [3.05, 3.63) is 53.2 Å². The molecule has 1 heterocycles. The summed E-state index contributed by atoms with van der Waals surface area (Å²) in [6.07, 6.45) is 1.76. The minimum absolute atomic E-state index is 0.199. The van der Waals surface area contributed by atoms with E-state index in [0.717, 1.165) is 11.3 Å². The van der Waals surface area contributed by atoms with E-state index in [9.17, 15) is 0 Å². The van der Waals surface area contributed by atoms with E-state index in [1.807, 2.05) is 25.2 Å². The zero-order valence-electron chi connectivity index (χ0n) is 13.5. The number of nitrogens with one attached hydrogen (secondary N) is 1. The van der Waals surface area contributed by atoms with Crippen molar-refractivity contribution in [2.45, 2.75) is 39.7 Å². The maximum absolute atomic E-state index is 6.00. The van der Waals surface area contributed by atoms with Crippen LogP contribution in [0.5, 0.6) is 11.6 Å². The van der Waals surface area contributed by atoms with Gasteiger partial charge in [-0.15, -0.1) is 0 Å². The molecule has 0 fully saturated rings. The van der Waals surface area contributed by atoms with Crippen LogP contribution in [0, 0.1) is 6.92 Å². The van der Waals surface area contributed by atoms with E-state index in [0.29, 0.717) is 11.8 Å². The molecule has 0 aliphatic carbocycles. The Morgan fingerprint density at radius 1 is 1.10 bits per heavy atom. The van der Waals surface area contributed by atoms with Gasteiger partial charge in [0.15, 0.2) is 0 Å². The second-order valence-electron chi connectivity index (χ2n) is 5.68. The Balaban J connectivity index is 2.29. The van der Waals surface area contributed by atoms with Gasteiger partial charge in [0.1, 0.15) is 5.75 Å². The third-order valence-electron chi connectivity index (χ3n) is 3.78. The lowest BCUT2D eigenvalue weighted by Crippen LogP contribution is -2.13. The van der Waals surface area contributed by atoms with E-state index in [-0.39, 0.29) is 6.04 Å². The van der Waals surface area contributed by atoms with Crippen LogP contribution in [-0.4, -0.2) is 12.0 Å². The molecule has 1 aromatic carbocycles. The number of aryl methyl sites for hydroxylation is 1. The van der Waals surface area contributed by atoms with E-state index >= 15 is 0 Å². The summed E-state index contributed by atoms with van der Waals surface area (Å²) in [5.41, 5.74) is 3.67. The van der Waals surface area contributed by atoms with Gasteiger partial charge in [0, 0.05) is 17.8 Å². The second-order valence-corrected chi connectivity index (χ2v) is 5.68. The Bertz CT molecular complexity index is 608. The van der Waals surface area contributed by atoms with Gasteiger partial charge >= 0.3 is 0 Å². The van der Waals surface area contributed by atoms with Gasteiger partial charge in [-0.3, -0.25) is 0 Å². The molecule has 3 heteroatoms. The number of hydrogen-bond donors (Lipinski definition) is 1. The number of rotatable bonds is 5. The van der Waals surface area contributed by atoms with Crippen molar-refractivity contribution in [1.82, 2.24) is 10.3 Å². The molecule has 0 saturated carbocycles. The van der Waals surface area contributed by atoms with Gasteiger partial charge in [-0.05, 0) is 56.1 Å². The second kappa shape index (κ2) is 6.72. The SMILES string of the molecule is CNC(C)c1cccnc1Oc1ccc(C(C)C)c(C)c1. The van der Waals surface area contributed by atoms with Gasteiger partial charge in [0.25, 0.3) is 0 Å². The van der Waals surface area contributed by atoms with Crippen molar-refractivity contribution in [3.8, 4) is 11.6 Å². The monoisotopic (exact) mass is 284 g/mol. The minimum atomic E-state index is 0.199. The van der Waals surface area contributed by atoms with E-state index in [1.165, 1.54) is 11.1 Å². The van der Waals surface area contributed by atoms with E-state index < -0.39 is 0 Å². The van der Waals surface area contributed by atoms with Crippen LogP contribution in [0.4, 0.5) is 0 Å². The van der Waals surface area contributed by atoms with Gasteiger partial charge in [-0.2, -0.15) is 0 Å². The van der Waals surface area contributed by atoms with Gasteiger partial charge < -0.3 is 10.1 Å². The first-order valence-corrected chi connectivity index (χ1v) is 7.43. The number of pyridine rings is 1. The molecule has 0 spiro atoms. The average molecular weight is 284 g/mol. The third kappa shape index (κ3) is 3.61. The number of ether oxygens (including phenoxy) is 1. The van der Waals surface area contributed by atoms with Crippen LogP contribution >= 0.6 is 0 Å². The van der Waals surface area contributed by atoms with Crippen molar-refractivity contribution >= 4 is 0 Å². The van der Waals surface area contributed by atoms with E-state index in [1.54, 1.807) is 6.20 Å². The number of benzene rings is 1. The lowest BCUT2D eigenvalue weighted by molar-refractivity contribution is 0.446. The summed E-state index contributed by atoms with van der Waals surface area (Å²) in [7, 11) is 1.93. The predicted molar refractivity (Wildman–Crippen MR) is 87.1 cm³/mol. The van der Waals surface area contributed by atoms with Crippen LogP contribution in [0.3, 0.4) is 0 Å². The lowest BCUT2D eigenvalue weighted by atomic mass is 9.98. The van der Waals surface area contributed by atoms with Crippen LogP contribution in [0.15, 0.2) is 36.5 Å². The minimum Gasteiger partial charge on any atom is -0.439 e. The molecular formula is C18H24N2O. The quantitative estimate of drug-likeness (QED) is 0.872. The normalized spacial score (nSPS) is 12.5. The smallest absolute Gasteiger partial charge is 0.223 e. The Morgan fingerprint density at radius 2 is 1.86 bits per heavy atom. The van der Waals surface area contributed by atoms with Crippen molar-refractivity contribution in [3.63, 3.8) is 0 Å². The summed E-state index contributed by atoms with van der Waals surface area (Å²) < 4.78 is 6.00. The molecule has 1 aromatic heterocycles. The molecule has 0 amide bonds. The molecule has 2 rings (SSSR count). The maximum Gasteiger partial charge on any atom is 0.223 e. The molecule has 3 nitrogen and oxygen atoms in total. The number of nitrogens with zero attached hydrogens (tertiary/aromatic N) is 1. The van der Waals surface area contributed by atoms with Gasteiger partial charge in [0.2, 0.25) is 5.88 Å². The molecule has 1 unspecified atom stereocenters. The van der Waals surface area contributed by atoms with Crippen molar-refractivity contribution in [2.24, 2.45) is 0 Å². The molecule has 1 N–H and O–H groups in total. The Morgan fingerprint density at radius 3 is 2.48 bits per heavy atom. The fourth-order valence-corrected chi connectivity index (χ4v) is 2.44. The zero-order valence-corrected chi connectivity index (χ0v) is 13.5. The highest BCUT2D eigenvalue weighted by Gasteiger charge is 2.12. The average Bonchev–Trinajstić information content (AvgIpc) is 2.46. The third-order valence-corrected chi connectivity index (χ3v) is 3.78. The van der Waals surface area contributed by atoms with Crippen LogP contribution < -0.4 is 10.1 Å². The molecule has 0 radical (unpaired) electrons. The Labute approximate surface area is 127 Å². The Kier molecular flexibility index (Phi) is 4.97. The predicted octanol–water partition coefficient (Wildman–Crippen LogP) is 4.59. The largest absolute Gasteiger partial charge is 0.439 e. The molecule has 21 heavy (non-hydrogen) atoms. The highest BCUT2D eigenvalue weighted by atomic mass is 16.5. The lowest BCUT2D eigenvalue weighted by Gasteiger charge is -2.16. The summed E-state index contributed by atoms with van der Waals surface area (Å²) in [5.74, 6) is 2.02.